The van der Waals surface area contributed by atoms with Crippen LogP contribution in [0.1, 0.15) is 0 Å². The summed E-state index contributed by atoms with van der Waals surface area (Å²) >= 11 is 3.27. The molecule has 0 aliphatic heterocycles. The minimum Gasteiger partial charge on any atom is -0.497 e. The van der Waals surface area contributed by atoms with Crippen LogP contribution in [0.15, 0.2) is 46.9 Å². The van der Waals surface area contributed by atoms with E-state index in [4.69, 9.17) is 4.74 Å². The molecule has 0 saturated heterocycles. The Kier molecular flexibility index (Phi) is 3.25. The van der Waals surface area contributed by atoms with Gasteiger partial charge in [-0.15, -0.1) is 0 Å². The van der Waals surface area contributed by atoms with Crippen LogP contribution in [0.3, 0.4) is 0 Å². The molecule has 0 aromatic heterocycles. The zero-order valence-corrected chi connectivity index (χ0v) is 10.3. The number of benzene rings is 2. The summed E-state index contributed by atoms with van der Waals surface area (Å²) in [4.78, 5) is 0. The number of hydrogen-bond acceptors (Lipinski definition) is 1. The summed E-state index contributed by atoms with van der Waals surface area (Å²) < 4.78 is 19.1. The number of hydrogen-bond donors (Lipinski definition) is 0. The standard InChI is InChI=1S/C13H10BrFO/c1-16-13-4-2-3-9(7-13)10-5-11(14)8-12(15)6-10/h2-8H,1H3. The zero-order valence-electron chi connectivity index (χ0n) is 8.71. The van der Waals surface area contributed by atoms with Crippen molar-refractivity contribution < 1.29 is 9.13 Å². The summed E-state index contributed by atoms with van der Waals surface area (Å²) in [5.41, 5.74) is 1.75. The van der Waals surface area contributed by atoms with Crippen molar-refractivity contribution in [3.05, 3.63) is 52.8 Å². The topological polar surface area (TPSA) is 9.23 Å². The van der Waals surface area contributed by atoms with Gasteiger partial charge in [-0.2, -0.15) is 0 Å². The third kappa shape index (κ3) is 2.42. The molecular formula is C13H10BrFO. The Morgan fingerprint density at radius 1 is 1.06 bits per heavy atom. The van der Waals surface area contributed by atoms with Crippen molar-refractivity contribution in [2.45, 2.75) is 0 Å². The van der Waals surface area contributed by atoms with Crippen LogP contribution in [0.2, 0.25) is 0 Å². The van der Waals surface area contributed by atoms with Crippen molar-refractivity contribution >= 4 is 15.9 Å². The van der Waals surface area contributed by atoms with E-state index in [-0.39, 0.29) is 5.82 Å². The monoisotopic (exact) mass is 280 g/mol. The molecule has 2 aromatic rings. The molecule has 0 atom stereocenters. The van der Waals surface area contributed by atoms with Gasteiger partial charge in [-0.3, -0.25) is 0 Å². The Bertz CT molecular complexity index is 491. The van der Waals surface area contributed by atoms with Crippen LogP contribution in [0.5, 0.6) is 5.75 Å². The van der Waals surface area contributed by atoms with Crippen LogP contribution >= 0.6 is 15.9 Å². The van der Waals surface area contributed by atoms with Crippen molar-refractivity contribution in [1.82, 2.24) is 0 Å². The first-order valence-electron chi connectivity index (χ1n) is 4.79. The molecule has 0 bridgehead atoms. The van der Waals surface area contributed by atoms with Gasteiger partial charge in [-0.05, 0) is 41.5 Å². The van der Waals surface area contributed by atoms with Crippen LogP contribution < -0.4 is 4.74 Å². The Morgan fingerprint density at radius 2 is 1.88 bits per heavy atom. The summed E-state index contributed by atoms with van der Waals surface area (Å²) in [6.07, 6.45) is 0. The summed E-state index contributed by atoms with van der Waals surface area (Å²) in [5, 5.41) is 0. The predicted octanol–water partition coefficient (Wildman–Crippen LogP) is 4.26. The van der Waals surface area contributed by atoms with Gasteiger partial charge in [0.1, 0.15) is 11.6 Å². The minimum atomic E-state index is -0.257. The number of methoxy groups -OCH3 is 1. The lowest BCUT2D eigenvalue weighted by Crippen LogP contribution is -1.85. The van der Waals surface area contributed by atoms with Gasteiger partial charge in [0.15, 0.2) is 0 Å². The number of rotatable bonds is 2. The van der Waals surface area contributed by atoms with Gasteiger partial charge in [-0.1, -0.05) is 28.1 Å². The average Bonchev–Trinajstić information content (AvgIpc) is 2.28. The predicted molar refractivity (Wildman–Crippen MR) is 66.1 cm³/mol. The fourth-order valence-electron chi connectivity index (χ4n) is 1.52. The maximum absolute atomic E-state index is 13.2. The second-order valence-corrected chi connectivity index (χ2v) is 4.31. The molecule has 16 heavy (non-hydrogen) atoms. The first kappa shape index (κ1) is 11.1. The van der Waals surface area contributed by atoms with Gasteiger partial charge in [-0.25, -0.2) is 4.39 Å². The van der Waals surface area contributed by atoms with Gasteiger partial charge in [0.25, 0.3) is 0 Å². The summed E-state index contributed by atoms with van der Waals surface area (Å²) in [6.45, 7) is 0. The van der Waals surface area contributed by atoms with Crippen LogP contribution in [-0.4, -0.2) is 7.11 Å². The molecule has 82 valence electrons. The van der Waals surface area contributed by atoms with Crippen molar-refractivity contribution in [3.63, 3.8) is 0 Å². The van der Waals surface area contributed by atoms with Crippen LogP contribution in [-0.2, 0) is 0 Å². The molecule has 0 aliphatic carbocycles. The van der Waals surface area contributed by atoms with E-state index in [1.54, 1.807) is 7.11 Å². The highest BCUT2D eigenvalue weighted by atomic mass is 79.9. The Hall–Kier alpha value is -1.35. The van der Waals surface area contributed by atoms with E-state index < -0.39 is 0 Å². The molecule has 0 unspecified atom stereocenters. The van der Waals surface area contributed by atoms with Crippen LogP contribution in [0.4, 0.5) is 4.39 Å². The first-order chi connectivity index (χ1) is 7.69. The Labute approximate surface area is 102 Å². The zero-order chi connectivity index (χ0) is 11.5. The van der Waals surface area contributed by atoms with E-state index >= 15 is 0 Å². The maximum atomic E-state index is 13.2. The highest BCUT2D eigenvalue weighted by Crippen LogP contribution is 2.27. The van der Waals surface area contributed by atoms with E-state index in [1.807, 2.05) is 30.3 Å². The molecule has 2 aromatic carbocycles. The lowest BCUT2D eigenvalue weighted by atomic mass is 10.1. The second-order valence-electron chi connectivity index (χ2n) is 3.39. The largest absolute Gasteiger partial charge is 0.497 e. The molecule has 0 N–H and O–H groups in total. The Morgan fingerprint density at radius 3 is 2.56 bits per heavy atom. The third-order valence-corrected chi connectivity index (χ3v) is 2.72. The van der Waals surface area contributed by atoms with Crippen molar-refractivity contribution in [2.75, 3.05) is 7.11 Å². The van der Waals surface area contributed by atoms with E-state index in [0.29, 0.717) is 0 Å². The molecule has 0 spiro atoms. The van der Waals surface area contributed by atoms with Gasteiger partial charge in [0, 0.05) is 4.47 Å². The molecule has 0 heterocycles. The van der Waals surface area contributed by atoms with Gasteiger partial charge in [0.2, 0.25) is 0 Å². The van der Waals surface area contributed by atoms with Crippen molar-refractivity contribution in [1.29, 1.82) is 0 Å². The lowest BCUT2D eigenvalue weighted by Gasteiger charge is -2.05. The maximum Gasteiger partial charge on any atom is 0.124 e. The van der Waals surface area contributed by atoms with Crippen LogP contribution in [0, 0.1) is 5.82 Å². The number of ether oxygens (including phenoxy) is 1. The average molecular weight is 281 g/mol. The molecule has 3 heteroatoms. The van der Waals surface area contributed by atoms with Gasteiger partial charge in [0.05, 0.1) is 7.11 Å². The molecule has 0 aliphatic rings. The lowest BCUT2D eigenvalue weighted by molar-refractivity contribution is 0.415. The molecule has 2 rings (SSSR count). The van der Waals surface area contributed by atoms with E-state index in [0.717, 1.165) is 21.3 Å². The minimum absolute atomic E-state index is 0.257. The highest BCUT2D eigenvalue weighted by Gasteiger charge is 2.03. The van der Waals surface area contributed by atoms with Crippen molar-refractivity contribution in [3.8, 4) is 16.9 Å². The highest BCUT2D eigenvalue weighted by molar-refractivity contribution is 9.10. The van der Waals surface area contributed by atoms with E-state index in [2.05, 4.69) is 15.9 Å². The molecule has 1 nitrogen and oxygen atoms in total. The molecule has 0 radical (unpaired) electrons. The molecular weight excluding hydrogens is 271 g/mol. The first-order valence-corrected chi connectivity index (χ1v) is 5.59. The van der Waals surface area contributed by atoms with Gasteiger partial charge >= 0.3 is 0 Å². The summed E-state index contributed by atoms with van der Waals surface area (Å²) in [7, 11) is 1.61. The van der Waals surface area contributed by atoms with Gasteiger partial charge < -0.3 is 4.74 Å². The van der Waals surface area contributed by atoms with E-state index in [1.165, 1.54) is 12.1 Å². The smallest absolute Gasteiger partial charge is 0.124 e. The quantitative estimate of drug-likeness (QED) is 0.799. The SMILES string of the molecule is COc1cccc(-c2cc(F)cc(Br)c2)c1. The second kappa shape index (κ2) is 4.66. The Balaban J connectivity index is 2.49. The fraction of sp³-hybridized carbons (Fsp3) is 0.0769. The molecule has 0 saturated carbocycles. The number of halogens is 2. The van der Waals surface area contributed by atoms with Crippen LogP contribution in [0.25, 0.3) is 11.1 Å². The fourth-order valence-corrected chi connectivity index (χ4v) is 1.99. The molecule has 0 fully saturated rings. The van der Waals surface area contributed by atoms with E-state index in [9.17, 15) is 4.39 Å². The third-order valence-electron chi connectivity index (χ3n) is 2.27. The summed E-state index contributed by atoms with van der Waals surface area (Å²) in [6, 6.07) is 12.3. The molecule has 0 amide bonds. The van der Waals surface area contributed by atoms with Crippen molar-refractivity contribution in [2.24, 2.45) is 0 Å². The summed E-state index contributed by atoms with van der Waals surface area (Å²) in [5.74, 6) is 0.505. The normalized spacial score (nSPS) is 10.2.